The highest BCUT2D eigenvalue weighted by molar-refractivity contribution is 6.31. The number of fused-ring (bicyclic) bond motifs is 1. The minimum Gasteiger partial charge on any atom is -0.489 e. The molecule has 0 radical (unpaired) electrons. The molecular weight excluding hydrogens is 368 g/mol. The molecule has 0 heterocycles. The first kappa shape index (κ1) is 21.2. The van der Waals surface area contributed by atoms with Crippen molar-refractivity contribution < 1.29 is 23.7 Å². The first-order chi connectivity index (χ1) is 12.7. The Bertz CT molecular complexity index is 824. The predicted molar refractivity (Wildman–Crippen MR) is 108 cm³/mol. The maximum atomic E-state index is 12.6. The highest BCUT2D eigenvalue weighted by atomic mass is 35.5. The van der Waals surface area contributed by atoms with E-state index in [0.717, 1.165) is 0 Å². The fourth-order valence-corrected chi connectivity index (χ4v) is 2.71. The fraction of sp³-hybridized carbons (Fsp3) is 0.476. The lowest BCUT2D eigenvalue weighted by molar-refractivity contribution is -0.143. The molecule has 27 heavy (non-hydrogen) atoms. The van der Waals surface area contributed by atoms with Gasteiger partial charge in [-0.2, -0.15) is 0 Å². The van der Waals surface area contributed by atoms with Gasteiger partial charge < -0.3 is 18.9 Å². The number of halogens is 1. The molecule has 0 saturated heterocycles. The van der Waals surface area contributed by atoms with Crippen LogP contribution < -0.4 is 18.9 Å². The van der Waals surface area contributed by atoms with Crippen LogP contribution in [0.4, 0.5) is 0 Å². The molecule has 0 fully saturated rings. The van der Waals surface area contributed by atoms with Crippen LogP contribution >= 0.6 is 11.6 Å². The number of hydrogen-bond donors (Lipinski definition) is 0. The van der Waals surface area contributed by atoms with Crippen molar-refractivity contribution in [2.45, 2.75) is 41.5 Å². The Hall–Kier alpha value is -2.14. The third kappa shape index (κ3) is 4.59. The van der Waals surface area contributed by atoms with Crippen molar-refractivity contribution in [3.05, 3.63) is 23.2 Å². The highest BCUT2D eigenvalue weighted by Crippen LogP contribution is 2.52. The van der Waals surface area contributed by atoms with Crippen molar-refractivity contribution in [3.63, 3.8) is 0 Å². The van der Waals surface area contributed by atoms with Crippen LogP contribution in [0.25, 0.3) is 10.8 Å². The highest BCUT2D eigenvalue weighted by Gasteiger charge is 2.30. The van der Waals surface area contributed by atoms with Crippen molar-refractivity contribution >= 4 is 28.3 Å². The van der Waals surface area contributed by atoms with Crippen molar-refractivity contribution in [2.24, 2.45) is 5.41 Å². The topological polar surface area (TPSA) is 54.0 Å². The SMILES string of the molecule is CCOc1c(OCC)c(OC(=O)C(C)(C)C)c2ccc(Cl)cc2c1OCC. The van der Waals surface area contributed by atoms with E-state index in [4.69, 9.17) is 30.5 Å². The molecule has 0 spiro atoms. The summed E-state index contributed by atoms with van der Waals surface area (Å²) in [5.41, 5.74) is -0.674. The normalized spacial score (nSPS) is 11.4. The molecule has 0 bridgehead atoms. The third-order valence-corrected chi connectivity index (χ3v) is 4.00. The zero-order valence-corrected chi connectivity index (χ0v) is 17.5. The molecule has 2 rings (SSSR count). The average molecular weight is 395 g/mol. The molecule has 0 saturated carbocycles. The third-order valence-electron chi connectivity index (χ3n) is 3.76. The number of rotatable bonds is 7. The summed E-state index contributed by atoms with van der Waals surface area (Å²) < 4.78 is 23.4. The molecule has 6 heteroatoms. The number of benzene rings is 2. The van der Waals surface area contributed by atoms with Crippen LogP contribution in [0.15, 0.2) is 18.2 Å². The Morgan fingerprint density at radius 1 is 0.852 bits per heavy atom. The van der Waals surface area contributed by atoms with Crippen LogP contribution in [-0.4, -0.2) is 25.8 Å². The molecule has 0 unspecified atom stereocenters. The summed E-state index contributed by atoms with van der Waals surface area (Å²) in [7, 11) is 0. The van der Waals surface area contributed by atoms with Crippen LogP contribution in [-0.2, 0) is 4.79 Å². The van der Waals surface area contributed by atoms with Gasteiger partial charge in [-0.05, 0) is 59.7 Å². The molecule has 0 atom stereocenters. The van der Waals surface area contributed by atoms with Crippen LogP contribution in [0.3, 0.4) is 0 Å². The minimum atomic E-state index is -0.674. The lowest BCUT2D eigenvalue weighted by Crippen LogP contribution is -2.26. The summed E-state index contributed by atoms with van der Waals surface area (Å²) in [5, 5.41) is 1.92. The van der Waals surface area contributed by atoms with E-state index in [2.05, 4.69) is 0 Å². The number of esters is 1. The Labute approximate surface area is 165 Å². The first-order valence-corrected chi connectivity index (χ1v) is 9.52. The van der Waals surface area contributed by atoms with Crippen LogP contribution in [0.1, 0.15) is 41.5 Å². The van der Waals surface area contributed by atoms with Gasteiger partial charge in [-0.1, -0.05) is 11.6 Å². The van der Waals surface area contributed by atoms with Gasteiger partial charge in [0.1, 0.15) is 0 Å². The number of carbonyl (C=O) groups excluding carboxylic acids is 1. The maximum absolute atomic E-state index is 12.6. The van der Waals surface area contributed by atoms with E-state index in [1.807, 2.05) is 20.8 Å². The monoisotopic (exact) mass is 394 g/mol. The quantitative estimate of drug-likeness (QED) is 0.449. The van der Waals surface area contributed by atoms with E-state index in [9.17, 15) is 4.79 Å². The van der Waals surface area contributed by atoms with Gasteiger partial charge in [0.25, 0.3) is 0 Å². The van der Waals surface area contributed by atoms with Crippen LogP contribution in [0, 0.1) is 5.41 Å². The van der Waals surface area contributed by atoms with E-state index in [0.29, 0.717) is 58.6 Å². The average Bonchev–Trinajstić information content (AvgIpc) is 2.59. The Morgan fingerprint density at radius 3 is 1.89 bits per heavy atom. The lowest BCUT2D eigenvalue weighted by Gasteiger charge is -2.23. The largest absolute Gasteiger partial charge is 0.489 e. The minimum absolute atomic E-state index is 0.315. The number of ether oxygens (including phenoxy) is 4. The predicted octanol–water partition coefficient (Wildman–Crippen LogP) is 5.64. The molecule has 5 nitrogen and oxygen atoms in total. The fourth-order valence-electron chi connectivity index (χ4n) is 2.54. The van der Waals surface area contributed by atoms with Gasteiger partial charge in [0.15, 0.2) is 11.5 Å². The van der Waals surface area contributed by atoms with Gasteiger partial charge in [-0.15, -0.1) is 0 Å². The Balaban J connectivity index is 2.86. The summed E-state index contributed by atoms with van der Waals surface area (Å²) in [4.78, 5) is 12.6. The lowest BCUT2D eigenvalue weighted by atomic mass is 9.97. The Kier molecular flexibility index (Phi) is 6.82. The molecule has 2 aromatic rings. The molecule has 0 aromatic heterocycles. The first-order valence-electron chi connectivity index (χ1n) is 9.14. The maximum Gasteiger partial charge on any atom is 0.316 e. The summed E-state index contributed by atoms with van der Waals surface area (Å²) in [6, 6.07) is 5.31. The van der Waals surface area contributed by atoms with E-state index in [1.54, 1.807) is 39.0 Å². The smallest absolute Gasteiger partial charge is 0.316 e. The van der Waals surface area contributed by atoms with Gasteiger partial charge in [0.05, 0.1) is 25.2 Å². The molecule has 0 aliphatic heterocycles. The van der Waals surface area contributed by atoms with Gasteiger partial charge in [-0.3, -0.25) is 4.79 Å². The molecule has 0 aliphatic rings. The van der Waals surface area contributed by atoms with Gasteiger partial charge in [0.2, 0.25) is 11.5 Å². The summed E-state index contributed by atoms with van der Waals surface area (Å²) in [6.45, 7) is 12.2. The van der Waals surface area contributed by atoms with Gasteiger partial charge in [0, 0.05) is 15.8 Å². The van der Waals surface area contributed by atoms with Crippen molar-refractivity contribution in [1.29, 1.82) is 0 Å². The van der Waals surface area contributed by atoms with Crippen molar-refractivity contribution in [1.82, 2.24) is 0 Å². The van der Waals surface area contributed by atoms with E-state index < -0.39 is 5.41 Å². The standard InChI is InChI=1S/C21H27ClO5/c1-7-24-16-15-12-13(22)10-11-14(15)17(27-20(23)21(4,5)6)19(26-9-3)18(16)25-8-2/h10-12H,7-9H2,1-6H3. The van der Waals surface area contributed by atoms with Crippen LogP contribution in [0.2, 0.25) is 5.02 Å². The molecule has 0 aliphatic carbocycles. The second kappa shape index (κ2) is 8.70. The Morgan fingerprint density at radius 2 is 1.37 bits per heavy atom. The van der Waals surface area contributed by atoms with Crippen LogP contribution in [0.5, 0.6) is 23.0 Å². The van der Waals surface area contributed by atoms with E-state index in [-0.39, 0.29) is 5.97 Å². The summed E-state index contributed by atoms with van der Waals surface area (Å²) in [5.74, 6) is 1.24. The van der Waals surface area contributed by atoms with Gasteiger partial charge in [-0.25, -0.2) is 0 Å². The zero-order chi connectivity index (χ0) is 20.2. The second-order valence-corrected chi connectivity index (χ2v) is 7.38. The molecule has 2 aromatic carbocycles. The van der Waals surface area contributed by atoms with Gasteiger partial charge >= 0.3 is 5.97 Å². The van der Waals surface area contributed by atoms with E-state index in [1.165, 1.54) is 0 Å². The molecule has 148 valence electrons. The second-order valence-electron chi connectivity index (χ2n) is 6.94. The number of hydrogen-bond acceptors (Lipinski definition) is 5. The zero-order valence-electron chi connectivity index (χ0n) is 16.8. The number of carbonyl (C=O) groups is 1. The van der Waals surface area contributed by atoms with Crippen molar-refractivity contribution in [2.75, 3.05) is 19.8 Å². The molecule has 0 amide bonds. The molecule has 0 N–H and O–H groups in total. The molecular formula is C21H27ClO5. The summed E-state index contributed by atoms with van der Waals surface area (Å²) >= 11 is 6.22. The van der Waals surface area contributed by atoms with E-state index >= 15 is 0 Å². The summed E-state index contributed by atoms with van der Waals surface area (Å²) in [6.07, 6.45) is 0. The van der Waals surface area contributed by atoms with Crippen molar-refractivity contribution in [3.8, 4) is 23.0 Å².